The number of likely N-dealkylation sites (N-methyl/N-ethyl adjacent to an activating group) is 1. The van der Waals surface area contributed by atoms with Crippen LogP contribution >= 0.6 is 0 Å². The number of aromatic nitrogens is 2. The predicted molar refractivity (Wildman–Crippen MR) is 85.6 cm³/mol. The van der Waals surface area contributed by atoms with Crippen LogP contribution < -0.4 is 21.3 Å². The molecular weight excluding hydrogens is 266 g/mol. The lowest BCUT2D eigenvalue weighted by atomic mass is 10.1. The van der Waals surface area contributed by atoms with Gasteiger partial charge in [-0.2, -0.15) is 9.97 Å². The maximum absolute atomic E-state index is 5.97. The van der Waals surface area contributed by atoms with Gasteiger partial charge in [0.2, 0.25) is 5.95 Å². The molecule has 0 saturated carbocycles. The van der Waals surface area contributed by atoms with Crippen LogP contribution in [0, 0.1) is 0 Å². The predicted octanol–water partition coefficient (Wildman–Crippen LogP) is -0.262. The van der Waals surface area contributed by atoms with E-state index in [1.807, 2.05) is 0 Å². The highest BCUT2D eigenvalue weighted by Crippen LogP contribution is 2.23. The smallest absolute Gasteiger partial charge is 0.223 e. The van der Waals surface area contributed by atoms with Crippen LogP contribution in [0.2, 0.25) is 0 Å². The molecule has 0 amide bonds. The average Bonchev–Trinajstić information content (AvgIpc) is 2.48. The van der Waals surface area contributed by atoms with Crippen molar-refractivity contribution in [2.24, 2.45) is 5.73 Å². The molecule has 7 nitrogen and oxygen atoms in total. The van der Waals surface area contributed by atoms with Gasteiger partial charge in [0.1, 0.15) is 11.6 Å². The molecule has 1 aromatic rings. The van der Waals surface area contributed by atoms with Crippen LogP contribution in [0.25, 0.3) is 0 Å². The molecule has 0 atom stereocenters. The van der Waals surface area contributed by atoms with Gasteiger partial charge in [0.05, 0.1) is 0 Å². The molecule has 2 aliphatic rings. The maximum atomic E-state index is 5.97. The van der Waals surface area contributed by atoms with Crippen molar-refractivity contribution in [1.82, 2.24) is 14.9 Å². The molecule has 0 radical (unpaired) electrons. The second kappa shape index (κ2) is 6.03. The number of piperazine rings is 1. The van der Waals surface area contributed by atoms with E-state index in [0.29, 0.717) is 12.0 Å². The largest absolute Gasteiger partial charge is 0.368 e. The average molecular weight is 291 g/mol. The SMILES string of the molecule is CN1CCN(c2cc(N3CCC(N)CC3)nc(N)n2)CC1. The summed E-state index contributed by atoms with van der Waals surface area (Å²) in [6, 6.07) is 2.39. The molecule has 0 unspecified atom stereocenters. The van der Waals surface area contributed by atoms with Gasteiger partial charge < -0.3 is 26.2 Å². The minimum absolute atomic E-state index is 0.317. The van der Waals surface area contributed by atoms with Gasteiger partial charge in [-0.05, 0) is 19.9 Å². The Balaban J connectivity index is 1.76. The molecule has 2 fully saturated rings. The first kappa shape index (κ1) is 14.3. The number of nitrogen functional groups attached to an aromatic ring is 1. The van der Waals surface area contributed by atoms with Gasteiger partial charge in [0.25, 0.3) is 0 Å². The van der Waals surface area contributed by atoms with Crippen molar-refractivity contribution < 1.29 is 0 Å². The summed E-state index contributed by atoms with van der Waals surface area (Å²) in [6.07, 6.45) is 2.02. The van der Waals surface area contributed by atoms with E-state index in [-0.39, 0.29) is 0 Å². The second-order valence-corrected chi connectivity index (χ2v) is 6.06. The van der Waals surface area contributed by atoms with E-state index in [2.05, 4.69) is 37.8 Å². The minimum Gasteiger partial charge on any atom is -0.368 e. The molecular formula is C14H25N7. The number of hydrogen-bond donors (Lipinski definition) is 2. The highest BCUT2D eigenvalue weighted by Gasteiger charge is 2.21. The van der Waals surface area contributed by atoms with Crippen LogP contribution in [0.15, 0.2) is 6.07 Å². The Kier molecular flexibility index (Phi) is 4.12. The van der Waals surface area contributed by atoms with Crippen LogP contribution in [0.5, 0.6) is 0 Å². The Bertz CT molecular complexity index is 436. The molecule has 4 N–H and O–H groups in total. The molecule has 3 rings (SSSR count). The van der Waals surface area contributed by atoms with Gasteiger partial charge in [-0.1, -0.05) is 0 Å². The third-order valence-electron chi connectivity index (χ3n) is 4.41. The fourth-order valence-corrected chi connectivity index (χ4v) is 2.93. The summed E-state index contributed by atoms with van der Waals surface area (Å²) in [5.74, 6) is 2.24. The summed E-state index contributed by atoms with van der Waals surface area (Å²) in [7, 11) is 2.15. The summed E-state index contributed by atoms with van der Waals surface area (Å²) in [5, 5.41) is 0. The van der Waals surface area contributed by atoms with Crippen molar-refractivity contribution >= 4 is 17.6 Å². The standard InChI is InChI=1S/C14H25N7/c1-19-6-8-21(9-7-19)13-10-12(17-14(16)18-13)20-4-2-11(15)3-5-20/h10-11H,2-9,15H2,1H3,(H2,16,17,18). The summed E-state index contributed by atoms with van der Waals surface area (Å²) in [6.45, 7) is 5.96. The molecule has 2 aliphatic heterocycles. The summed E-state index contributed by atoms with van der Waals surface area (Å²) in [4.78, 5) is 15.7. The highest BCUT2D eigenvalue weighted by atomic mass is 15.3. The second-order valence-electron chi connectivity index (χ2n) is 6.06. The number of rotatable bonds is 2. The van der Waals surface area contributed by atoms with E-state index in [9.17, 15) is 0 Å². The fourth-order valence-electron chi connectivity index (χ4n) is 2.93. The Morgan fingerprint density at radius 2 is 1.48 bits per heavy atom. The van der Waals surface area contributed by atoms with Gasteiger partial charge in [-0.3, -0.25) is 0 Å². The van der Waals surface area contributed by atoms with E-state index >= 15 is 0 Å². The van der Waals surface area contributed by atoms with Gasteiger partial charge in [0.15, 0.2) is 0 Å². The summed E-state index contributed by atoms with van der Waals surface area (Å²) in [5.41, 5.74) is 11.9. The van der Waals surface area contributed by atoms with Gasteiger partial charge >= 0.3 is 0 Å². The molecule has 0 bridgehead atoms. The molecule has 2 saturated heterocycles. The number of nitrogens with zero attached hydrogens (tertiary/aromatic N) is 5. The number of nitrogens with two attached hydrogens (primary N) is 2. The first-order valence-corrected chi connectivity index (χ1v) is 7.70. The monoisotopic (exact) mass is 291 g/mol. The molecule has 0 aromatic carbocycles. The van der Waals surface area contributed by atoms with E-state index in [0.717, 1.165) is 63.7 Å². The Labute approximate surface area is 125 Å². The summed E-state index contributed by atoms with van der Waals surface area (Å²) < 4.78 is 0. The van der Waals surface area contributed by atoms with Crippen LogP contribution in [0.3, 0.4) is 0 Å². The maximum Gasteiger partial charge on any atom is 0.223 e. The fraction of sp³-hybridized carbons (Fsp3) is 0.714. The van der Waals surface area contributed by atoms with Crippen molar-refractivity contribution in [2.45, 2.75) is 18.9 Å². The van der Waals surface area contributed by atoms with Crippen molar-refractivity contribution in [3.8, 4) is 0 Å². The van der Waals surface area contributed by atoms with Crippen molar-refractivity contribution in [3.05, 3.63) is 6.07 Å². The Hall–Kier alpha value is -1.60. The Morgan fingerprint density at radius 1 is 0.952 bits per heavy atom. The van der Waals surface area contributed by atoms with Crippen molar-refractivity contribution in [2.75, 3.05) is 61.8 Å². The van der Waals surface area contributed by atoms with E-state index < -0.39 is 0 Å². The summed E-state index contributed by atoms with van der Waals surface area (Å²) >= 11 is 0. The van der Waals surface area contributed by atoms with Crippen molar-refractivity contribution in [3.63, 3.8) is 0 Å². The lowest BCUT2D eigenvalue weighted by molar-refractivity contribution is 0.312. The topological polar surface area (TPSA) is 87.5 Å². The molecule has 1 aromatic heterocycles. The lowest BCUT2D eigenvalue weighted by Crippen LogP contribution is -2.45. The van der Waals surface area contributed by atoms with E-state index in [1.54, 1.807) is 0 Å². The first-order chi connectivity index (χ1) is 10.1. The van der Waals surface area contributed by atoms with Crippen LogP contribution in [-0.2, 0) is 0 Å². The number of hydrogen-bond acceptors (Lipinski definition) is 7. The van der Waals surface area contributed by atoms with Crippen LogP contribution in [0.1, 0.15) is 12.8 Å². The Morgan fingerprint density at radius 3 is 2.05 bits per heavy atom. The number of anilines is 3. The zero-order valence-electron chi connectivity index (χ0n) is 12.7. The number of piperidine rings is 1. The minimum atomic E-state index is 0.317. The lowest BCUT2D eigenvalue weighted by Gasteiger charge is -2.35. The molecule has 3 heterocycles. The molecule has 0 spiro atoms. The molecule has 21 heavy (non-hydrogen) atoms. The van der Waals surface area contributed by atoms with E-state index in [1.165, 1.54) is 0 Å². The highest BCUT2D eigenvalue weighted by molar-refractivity contribution is 5.54. The van der Waals surface area contributed by atoms with Gasteiger partial charge in [0, 0.05) is 51.4 Å². The van der Waals surface area contributed by atoms with E-state index in [4.69, 9.17) is 11.5 Å². The quantitative estimate of drug-likeness (QED) is 0.776. The molecule has 7 heteroatoms. The van der Waals surface area contributed by atoms with Crippen molar-refractivity contribution in [1.29, 1.82) is 0 Å². The van der Waals surface area contributed by atoms with Crippen LogP contribution in [0.4, 0.5) is 17.6 Å². The normalized spacial score (nSPS) is 21.8. The third-order valence-corrected chi connectivity index (χ3v) is 4.41. The van der Waals surface area contributed by atoms with Gasteiger partial charge in [-0.15, -0.1) is 0 Å². The van der Waals surface area contributed by atoms with Crippen LogP contribution in [-0.4, -0.2) is 67.2 Å². The third kappa shape index (κ3) is 3.36. The zero-order valence-corrected chi connectivity index (χ0v) is 12.7. The molecule has 116 valence electrons. The van der Waals surface area contributed by atoms with Gasteiger partial charge in [-0.25, -0.2) is 0 Å². The first-order valence-electron chi connectivity index (χ1n) is 7.70. The zero-order chi connectivity index (χ0) is 14.8. The molecule has 0 aliphatic carbocycles.